The molecule has 0 radical (unpaired) electrons. The summed E-state index contributed by atoms with van der Waals surface area (Å²) in [7, 11) is 0. The zero-order chi connectivity index (χ0) is 26.5. The molecule has 0 unspecified atom stereocenters. The summed E-state index contributed by atoms with van der Waals surface area (Å²) in [6.45, 7) is 11.2. The van der Waals surface area contributed by atoms with E-state index in [9.17, 15) is 9.90 Å². The Morgan fingerprint density at radius 1 is 1.05 bits per heavy atom. The zero-order valence-corrected chi connectivity index (χ0v) is 23.8. The first-order chi connectivity index (χ1) is 17.7. The third-order valence-electron chi connectivity index (χ3n) is 10.5. The molecule has 5 atom stereocenters. The van der Waals surface area contributed by atoms with Crippen molar-refractivity contribution in [1.82, 2.24) is 10.3 Å². The van der Waals surface area contributed by atoms with Gasteiger partial charge < -0.3 is 15.7 Å². The Labute approximate surface area is 225 Å². The molecule has 1 aromatic rings. The Morgan fingerprint density at radius 3 is 2.59 bits per heavy atom. The quantitative estimate of drug-likeness (QED) is 0.224. The fourth-order valence-electron chi connectivity index (χ4n) is 8.28. The van der Waals surface area contributed by atoms with Gasteiger partial charge in [-0.25, -0.2) is 4.98 Å². The summed E-state index contributed by atoms with van der Waals surface area (Å²) in [5, 5.41) is 17.3. The van der Waals surface area contributed by atoms with Crippen LogP contribution in [0, 0.1) is 28.6 Å². The predicted octanol–water partition coefficient (Wildman–Crippen LogP) is 6.89. The van der Waals surface area contributed by atoms with E-state index in [1.165, 1.54) is 32.1 Å². The number of amides is 1. The van der Waals surface area contributed by atoms with Gasteiger partial charge in [-0.1, -0.05) is 50.8 Å². The van der Waals surface area contributed by atoms with Crippen LogP contribution in [0.25, 0.3) is 0 Å². The van der Waals surface area contributed by atoms with E-state index in [2.05, 4.69) is 43.3 Å². The van der Waals surface area contributed by atoms with Crippen molar-refractivity contribution < 1.29 is 9.90 Å². The number of fused-ring (bicyclic) bond motifs is 3. The van der Waals surface area contributed by atoms with Gasteiger partial charge in [-0.2, -0.15) is 0 Å². The first-order valence-electron chi connectivity index (χ1n) is 15.0. The molecule has 3 aliphatic carbocycles. The molecule has 3 N–H and O–H groups in total. The number of nitrogens with one attached hydrogen (secondary N) is 2. The van der Waals surface area contributed by atoms with Crippen LogP contribution in [-0.4, -0.2) is 35.2 Å². The minimum atomic E-state index is -0.172. The minimum Gasteiger partial charge on any atom is -0.393 e. The summed E-state index contributed by atoms with van der Waals surface area (Å²) in [6.07, 6.45) is 14.6. The highest BCUT2D eigenvalue weighted by Crippen LogP contribution is 2.64. The number of allylic oxidation sites excluding steroid dienone is 2. The summed E-state index contributed by atoms with van der Waals surface area (Å²) in [5.74, 6) is 3.08. The normalized spacial score (nSPS) is 30.8. The zero-order valence-electron chi connectivity index (χ0n) is 23.8. The van der Waals surface area contributed by atoms with Crippen molar-refractivity contribution in [3.63, 3.8) is 0 Å². The molecule has 1 heterocycles. The van der Waals surface area contributed by atoms with Crippen LogP contribution in [-0.2, 0) is 4.79 Å². The average molecular weight is 510 g/mol. The highest BCUT2D eigenvalue weighted by atomic mass is 16.3. The highest BCUT2D eigenvalue weighted by Gasteiger charge is 2.58. The number of unbranched alkanes of at least 4 members (excludes halogenated alkanes) is 3. The number of carbonyl (C=O) groups is 1. The summed E-state index contributed by atoms with van der Waals surface area (Å²) < 4.78 is 0. The van der Waals surface area contributed by atoms with Gasteiger partial charge in [0, 0.05) is 25.7 Å². The Kier molecular flexibility index (Phi) is 9.37. The number of aliphatic hydroxyl groups excluding tert-OH is 1. The number of anilines is 1. The van der Waals surface area contributed by atoms with Gasteiger partial charge in [0.1, 0.15) is 5.82 Å². The van der Waals surface area contributed by atoms with Crippen LogP contribution in [0.1, 0.15) is 105 Å². The summed E-state index contributed by atoms with van der Waals surface area (Å²) in [4.78, 5) is 17.0. The van der Waals surface area contributed by atoms with E-state index in [-0.39, 0.29) is 17.4 Å². The Morgan fingerprint density at radius 2 is 1.84 bits per heavy atom. The molecule has 37 heavy (non-hydrogen) atoms. The lowest BCUT2D eigenvalue weighted by atomic mass is 9.43. The summed E-state index contributed by atoms with van der Waals surface area (Å²) in [5.41, 5.74) is 3.46. The number of aliphatic hydroxyl groups is 1. The summed E-state index contributed by atoms with van der Waals surface area (Å²) >= 11 is 0. The van der Waals surface area contributed by atoms with Gasteiger partial charge in [0.25, 0.3) is 0 Å². The van der Waals surface area contributed by atoms with Crippen LogP contribution in [0.15, 0.2) is 35.5 Å². The Balaban J connectivity index is 1.18. The Hall–Kier alpha value is -1.88. The molecule has 0 aromatic carbocycles. The summed E-state index contributed by atoms with van der Waals surface area (Å²) in [6, 6.07) is 5.92. The molecule has 0 aliphatic heterocycles. The van der Waals surface area contributed by atoms with E-state index >= 15 is 0 Å². The van der Waals surface area contributed by atoms with E-state index in [1.54, 1.807) is 11.1 Å². The smallest absolute Gasteiger partial charge is 0.220 e. The predicted molar refractivity (Wildman–Crippen MR) is 152 cm³/mol. The van der Waals surface area contributed by atoms with Crippen molar-refractivity contribution in [3.05, 3.63) is 35.5 Å². The van der Waals surface area contributed by atoms with Crippen molar-refractivity contribution in [2.24, 2.45) is 28.6 Å². The fourth-order valence-corrected chi connectivity index (χ4v) is 8.28. The third-order valence-corrected chi connectivity index (χ3v) is 10.5. The fraction of sp³-hybridized carbons (Fsp3) is 0.750. The molecule has 0 bridgehead atoms. The molecule has 1 amide bonds. The molecular weight excluding hydrogens is 458 g/mol. The van der Waals surface area contributed by atoms with Crippen LogP contribution in [0.3, 0.4) is 0 Å². The van der Waals surface area contributed by atoms with Gasteiger partial charge in [0.2, 0.25) is 5.91 Å². The molecule has 2 fully saturated rings. The first kappa shape index (κ1) is 28.1. The largest absolute Gasteiger partial charge is 0.393 e. The number of hydrogen-bond donors (Lipinski definition) is 3. The SMILES string of the molecule is CC1=C(CCC(=O)NCCCCCCNc2ccccn2)[C@@H]2CC[C@H]3C(C)(C)[C@@H](O)CC[C@]3(C)[C@H]2CC1. The van der Waals surface area contributed by atoms with Crippen molar-refractivity contribution in [1.29, 1.82) is 0 Å². The van der Waals surface area contributed by atoms with Gasteiger partial charge in [-0.3, -0.25) is 4.79 Å². The van der Waals surface area contributed by atoms with E-state index in [0.29, 0.717) is 29.6 Å². The lowest BCUT2D eigenvalue weighted by Gasteiger charge is -2.62. The molecule has 5 nitrogen and oxygen atoms in total. The topological polar surface area (TPSA) is 74.2 Å². The molecular formula is C32H51N3O2. The van der Waals surface area contributed by atoms with Crippen molar-refractivity contribution in [2.75, 3.05) is 18.4 Å². The van der Waals surface area contributed by atoms with E-state index in [4.69, 9.17) is 0 Å². The molecule has 0 saturated heterocycles. The maximum Gasteiger partial charge on any atom is 0.220 e. The lowest BCUT2D eigenvalue weighted by molar-refractivity contribution is -0.149. The number of nitrogens with zero attached hydrogens (tertiary/aromatic N) is 1. The van der Waals surface area contributed by atoms with Gasteiger partial charge in [0.05, 0.1) is 6.10 Å². The number of carbonyl (C=O) groups excluding carboxylic acids is 1. The van der Waals surface area contributed by atoms with Gasteiger partial charge >= 0.3 is 0 Å². The van der Waals surface area contributed by atoms with Crippen molar-refractivity contribution >= 4 is 11.7 Å². The second-order valence-corrected chi connectivity index (χ2v) is 13.0. The van der Waals surface area contributed by atoms with Crippen molar-refractivity contribution in [3.8, 4) is 0 Å². The third kappa shape index (κ3) is 6.41. The second-order valence-electron chi connectivity index (χ2n) is 13.0. The Bertz CT molecular complexity index is 927. The molecule has 206 valence electrons. The number of pyridine rings is 1. The van der Waals surface area contributed by atoms with Crippen LogP contribution in [0.2, 0.25) is 0 Å². The average Bonchev–Trinajstić information content (AvgIpc) is 2.88. The van der Waals surface area contributed by atoms with Crippen LogP contribution < -0.4 is 10.6 Å². The van der Waals surface area contributed by atoms with Crippen LogP contribution in [0.5, 0.6) is 0 Å². The molecule has 4 rings (SSSR count). The van der Waals surface area contributed by atoms with Crippen molar-refractivity contribution in [2.45, 2.75) is 111 Å². The minimum absolute atomic E-state index is 0.00381. The molecule has 3 aliphatic rings. The maximum absolute atomic E-state index is 12.7. The molecule has 5 heteroatoms. The lowest BCUT2D eigenvalue weighted by Crippen LogP contribution is -2.56. The van der Waals surface area contributed by atoms with E-state index in [1.807, 2.05) is 24.4 Å². The highest BCUT2D eigenvalue weighted by molar-refractivity contribution is 5.76. The van der Waals surface area contributed by atoms with E-state index < -0.39 is 0 Å². The monoisotopic (exact) mass is 509 g/mol. The number of rotatable bonds is 11. The van der Waals surface area contributed by atoms with Crippen LogP contribution in [0.4, 0.5) is 5.82 Å². The van der Waals surface area contributed by atoms with Gasteiger partial charge in [0.15, 0.2) is 0 Å². The second kappa shape index (κ2) is 12.3. The standard InChI is InChI=1S/C32H51N3O2/c1-23-12-15-26-25(13-16-27-31(2,3)28(36)18-19-32(26,27)4)24(23)14-17-30(37)35-22-9-6-5-8-20-33-29-11-7-10-21-34-29/h7,10-11,21,25-28,36H,5-6,8-9,12-20,22H2,1-4H3,(H,33,34)(H,35,37)/t25-,26-,27-,28-,32+/m0/s1. The maximum atomic E-state index is 12.7. The van der Waals surface area contributed by atoms with Gasteiger partial charge in [-0.05, 0) is 105 Å². The van der Waals surface area contributed by atoms with Crippen LogP contribution >= 0.6 is 0 Å². The number of aromatic nitrogens is 1. The van der Waals surface area contributed by atoms with E-state index in [0.717, 1.165) is 57.4 Å². The molecule has 1 aromatic heterocycles. The number of hydrogen-bond acceptors (Lipinski definition) is 4. The molecule has 2 saturated carbocycles. The first-order valence-corrected chi connectivity index (χ1v) is 15.0. The van der Waals surface area contributed by atoms with Gasteiger partial charge in [-0.15, -0.1) is 0 Å². The molecule has 0 spiro atoms.